The number of ether oxygens (including phenoxy) is 1. The van der Waals surface area contributed by atoms with Crippen molar-refractivity contribution >= 4 is 8.07 Å². The lowest BCUT2D eigenvalue weighted by atomic mass is 10.2. The second kappa shape index (κ2) is 9.61. The van der Waals surface area contributed by atoms with Gasteiger partial charge in [0, 0.05) is 12.1 Å². The van der Waals surface area contributed by atoms with Crippen molar-refractivity contribution < 1.29 is 17.9 Å². The van der Waals surface area contributed by atoms with Gasteiger partial charge in [0.25, 0.3) is 0 Å². The highest BCUT2D eigenvalue weighted by Crippen LogP contribution is 2.41. The Kier molecular flexibility index (Phi) is 7.87. The van der Waals surface area contributed by atoms with Crippen LogP contribution in [0.1, 0.15) is 54.0 Å². The zero-order valence-electron chi connectivity index (χ0n) is 19.1. The first-order valence-electron chi connectivity index (χ1n) is 10.6. The zero-order chi connectivity index (χ0) is 22.7. The van der Waals surface area contributed by atoms with Crippen molar-refractivity contribution in [3.8, 4) is 11.5 Å². The molecule has 1 aromatic rings. The summed E-state index contributed by atoms with van der Waals surface area (Å²) in [6.07, 6.45) is -6.40. The Hall–Kier alpha value is -1.71. The van der Waals surface area contributed by atoms with Gasteiger partial charge in [-0.05, 0) is 29.1 Å². The third-order valence-electron chi connectivity index (χ3n) is 6.19. The molecule has 2 rings (SSSR count). The van der Waals surface area contributed by atoms with Crippen molar-refractivity contribution in [2.45, 2.75) is 84.0 Å². The maximum atomic E-state index is 13.6. The van der Waals surface area contributed by atoms with E-state index >= 15 is 0 Å². The van der Waals surface area contributed by atoms with Crippen molar-refractivity contribution in [1.82, 2.24) is 4.90 Å². The van der Waals surface area contributed by atoms with Gasteiger partial charge in [-0.2, -0.15) is 13.2 Å². The predicted octanol–water partition coefficient (Wildman–Crippen LogP) is 6.90. The van der Waals surface area contributed by atoms with Gasteiger partial charge < -0.3 is 4.74 Å². The molecule has 30 heavy (non-hydrogen) atoms. The van der Waals surface area contributed by atoms with Gasteiger partial charge in [-0.15, -0.1) is 5.54 Å². The molecule has 0 bridgehead atoms. The lowest BCUT2D eigenvalue weighted by Crippen LogP contribution is -2.43. The molecule has 0 radical (unpaired) electrons. The van der Waals surface area contributed by atoms with Crippen LogP contribution in [-0.4, -0.2) is 31.9 Å². The third kappa shape index (κ3) is 5.31. The van der Waals surface area contributed by atoms with Crippen molar-refractivity contribution in [2.75, 3.05) is 6.54 Å². The summed E-state index contributed by atoms with van der Waals surface area (Å²) in [7, 11) is -1.96. The summed E-state index contributed by atoms with van der Waals surface area (Å²) in [5.74, 6) is 3.57. The van der Waals surface area contributed by atoms with Crippen molar-refractivity contribution in [1.29, 1.82) is 0 Å². The van der Waals surface area contributed by atoms with Crippen LogP contribution in [0.15, 0.2) is 41.7 Å². The topological polar surface area (TPSA) is 12.5 Å². The summed E-state index contributed by atoms with van der Waals surface area (Å²) in [5, 5.41) is 0. The standard InChI is InChI=1S/C24H34F3NOSi/c1-17(2)30(18(3)4,19(5)6)14-13-20(7)22-16-28(23(29-22)24(25,26)27)15-21-11-9-8-10-12-21/h8-12,17-19,23H,15-16H2,1-7H3/b22-20+. The Balaban J connectivity index is 2.37. The molecular weight excluding hydrogens is 403 g/mol. The molecule has 1 fully saturated rings. The van der Waals surface area contributed by atoms with Gasteiger partial charge in [0.15, 0.2) is 0 Å². The van der Waals surface area contributed by atoms with E-state index < -0.39 is 20.5 Å². The minimum atomic E-state index is -4.46. The predicted molar refractivity (Wildman–Crippen MR) is 119 cm³/mol. The molecule has 1 atom stereocenters. The molecule has 0 saturated carbocycles. The summed E-state index contributed by atoms with van der Waals surface area (Å²) in [6, 6.07) is 9.17. The van der Waals surface area contributed by atoms with E-state index in [0.717, 1.165) is 5.56 Å². The minimum absolute atomic E-state index is 0.110. The number of benzene rings is 1. The number of hydrogen-bond acceptors (Lipinski definition) is 2. The van der Waals surface area contributed by atoms with Crippen LogP contribution in [0.5, 0.6) is 0 Å². The summed E-state index contributed by atoms with van der Waals surface area (Å²) < 4.78 is 46.3. The molecule has 1 aromatic carbocycles. The minimum Gasteiger partial charge on any atom is -0.467 e. The van der Waals surface area contributed by atoms with Crippen molar-refractivity contribution in [2.24, 2.45) is 0 Å². The van der Waals surface area contributed by atoms with Crippen LogP contribution >= 0.6 is 0 Å². The molecule has 0 aliphatic carbocycles. The lowest BCUT2D eigenvalue weighted by Gasteiger charge is -2.38. The molecule has 1 unspecified atom stereocenters. The van der Waals surface area contributed by atoms with Crippen molar-refractivity contribution in [3.05, 3.63) is 47.2 Å². The van der Waals surface area contributed by atoms with E-state index in [0.29, 0.717) is 28.0 Å². The average molecular weight is 438 g/mol. The molecule has 0 amide bonds. The molecular formula is C24H34F3NOSi. The second-order valence-electron chi connectivity index (χ2n) is 9.10. The number of rotatable bonds is 5. The molecule has 1 aliphatic heterocycles. The quantitative estimate of drug-likeness (QED) is 0.367. The van der Waals surface area contributed by atoms with E-state index in [1.54, 1.807) is 6.92 Å². The molecule has 1 saturated heterocycles. The number of hydrogen-bond donors (Lipinski definition) is 0. The van der Waals surface area contributed by atoms with E-state index in [2.05, 4.69) is 53.0 Å². The summed E-state index contributed by atoms with van der Waals surface area (Å²) >= 11 is 0. The van der Waals surface area contributed by atoms with Crippen LogP contribution in [0.2, 0.25) is 16.6 Å². The monoisotopic (exact) mass is 437 g/mol. The van der Waals surface area contributed by atoms with Crippen LogP contribution in [0, 0.1) is 11.5 Å². The Morgan fingerprint density at radius 1 is 1.07 bits per heavy atom. The maximum Gasteiger partial charge on any atom is 0.439 e. The SMILES string of the molecule is C/C(C#C[Si](C(C)C)(C(C)C)C(C)C)=C1/CN(Cc2ccccc2)C(C(F)(F)F)O1. The Bertz CT molecular complexity index is 781. The maximum absolute atomic E-state index is 13.6. The molecule has 0 spiro atoms. The van der Waals surface area contributed by atoms with Gasteiger partial charge in [0.05, 0.1) is 6.54 Å². The first-order valence-corrected chi connectivity index (χ1v) is 12.9. The van der Waals surface area contributed by atoms with E-state index in [-0.39, 0.29) is 13.1 Å². The van der Waals surface area contributed by atoms with E-state index in [9.17, 15) is 13.2 Å². The van der Waals surface area contributed by atoms with Crippen molar-refractivity contribution in [3.63, 3.8) is 0 Å². The van der Waals surface area contributed by atoms with Gasteiger partial charge in [0.2, 0.25) is 6.23 Å². The zero-order valence-corrected chi connectivity index (χ0v) is 20.1. The normalized spacial score (nSPS) is 19.8. The van der Waals surface area contributed by atoms with Crippen LogP contribution in [0.3, 0.4) is 0 Å². The fraction of sp³-hybridized carbons (Fsp3) is 0.583. The van der Waals surface area contributed by atoms with Gasteiger partial charge in [-0.1, -0.05) is 77.8 Å². The van der Waals surface area contributed by atoms with Gasteiger partial charge in [-0.25, -0.2) is 4.90 Å². The highest BCUT2D eigenvalue weighted by molar-refractivity contribution is 6.90. The lowest BCUT2D eigenvalue weighted by molar-refractivity contribution is -0.236. The molecule has 0 aromatic heterocycles. The molecule has 1 aliphatic rings. The smallest absolute Gasteiger partial charge is 0.439 e. The van der Waals surface area contributed by atoms with E-state index in [1.165, 1.54) is 4.90 Å². The van der Waals surface area contributed by atoms with Crippen LogP contribution < -0.4 is 0 Å². The van der Waals surface area contributed by atoms with Crippen LogP contribution in [0.25, 0.3) is 0 Å². The fourth-order valence-electron chi connectivity index (χ4n) is 4.66. The number of allylic oxidation sites excluding steroid dienone is 1. The largest absolute Gasteiger partial charge is 0.467 e. The molecule has 166 valence electrons. The van der Waals surface area contributed by atoms with Gasteiger partial charge in [-0.3, -0.25) is 0 Å². The highest BCUT2D eigenvalue weighted by Gasteiger charge is 2.50. The number of halogens is 3. The van der Waals surface area contributed by atoms with E-state index in [4.69, 9.17) is 4.74 Å². The molecule has 0 N–H and O–H groups in total. The summed E-state index contributed by atoms with van der Waals surface area (Å²) in [5.41, 5.74) is 6.40. The molecule has 1 heterocycles. The van der Waals surface area contributed by atoms with Gasteiger partial charge in [0.1, 0.15) is 13.8 Å². The fourth-order valence-corrected chi connectivity index (χ4v) is 9.93. The van der Waals surface area contributed by atoms with Crippen LogP contribution in [-0.2, 0) is 11.3 Å². The average Bonchev–Trinajstić information content (AvgIpc) is 3.06. The Morgan fingerprint density at radius 3 is 2.07 bits per heavy atom. The molecule has 6 heteroatoms. The first kappa shape index (κ1) is 24.6. The van der Waals surface area contributed by atoms with E-state index in [1.807, 2.05) is 30.3 Å². The summed E-state index contributed by atoms with van der Waals surface area (Å²) in [4.78, 5) is 1.33. The first-order chi connectivity index (χ1) is 13.9. The third-order valence-corrected chi connectivity index (χ3v) is 12.5. The van der Waals surface area contributed by atoms with Gasteiger partial charge >= 0.3 is 6.18 Å². The number of nitrogens with zero attached hydrogens (tertiary/aromatic N) is 1. The van der Waals surface area contributed by atoms with Crippen LogP contribution in [0.4, 0.5) is 13.2 Å². The number of alkyl halides is 3. The molecule has 2 nitrogen and oxygen atoms in total. The second-order valence-corrected chi connectivity index (χ2v) is 14.7. The highest BCUT2D eigenvalue weighted by atomic mass is 28.3. The Labute approximate surface area is 180 Å². The Morgan fingerprint density at radius 2 is 1.60 bits per heavy atom. The summed E-state index contributed by atoms with van der Waals surface area (Å²) in [6.45, 7) is 15.4.